The zero-order chi connectivity index (χ0) is 17.6. The zero-order valence-corrected chi connectivity index (χ0v) is 13.3. The summed E-state index contributed by atoms with van der Waals surface area (Å²) >= 11 is 0. The number of halogens is 3. The smallest absolute Gasteiger partial charge is 0.414 e. The van der Waals surface area contributed by atoms with E-state index in [4.69, 9.17) is 10.00 Å². The minimum atomic E-state index is -4.53. The lowest BCUT2D eigenvalue weighted by atomic mass is 9.91. The maximum absolute atomic E-state index is 12.5. The molecule has 0 aromatic heterocycles. The third-order valence-electron chi connectivity index (χ3n) is 4.28. The monoisotopic (exact) mass is 342 g/mol. The lowest BCUT2D eigenvalue weighted by Crippen LogP contribution is -2.43. The van der Waals surface area contributed by atoms with Crippen molar-refractivity contribution in [1.82, 2.24) is 4.90 Å². The minimum absolute atomic E-state index is 0.358. The number of hydrogen-bond donors (Lipinski definition) is 1. The van der Waals surface area contributed by atoms with Crippen LogP contribution in [0.1, 0.15) is 24.8 Å². The second-order valence-corrected chi connectivity index (χ2v) is 6.00. The maximum atomic E-state index is 12.5. The van der Waals surface area contributed by atoms with Crippen LogP contribution in [0.5, 0.6) is 5.75 Å². The molecule has 1 atom stereocenters. The van der Waals surface area contributed by atoms with Gasteiger partial charge in [-0.25, -0.2) is 0 Å². The fourth-order valence-electron chi connectivity index (χ4n) is 2.86. The fourth-order valence-corrected chi connectivity index (χ4v) is 2.86. The largest absolute Gasteiger partial charge is 0.494 e. The Kier molecular flexibility index (Phi) is 6.46. The highest BCUT2D eigenvalue weighted by atomic mass is 19.4. The summed E-state index contributed by atoms with van der Waals surface area (Å²) < 4.78 is 43.0. The normalized spacial score (nSPS) is 18.1. The summed E-state index contributed by atoms with van der Waals surface area (Å²) in [4.78, 5) is 2.10. The van der Waals surface area contributed by atoms with E-state index in [2.05, 4.69) is 4.90 Å². The molecule has 0 aliphatic carbocycles. The second-order valence-electron chi connectivity index (χ2n) is 6.00. The van der Waals surface area contributed by atoms with Crippen molar-refractivity contribution < 1.29 is 23.0 Å². The molecule has 0 bridgehead atoms. The van der Waals surface area contributed by atoms with Gasteiger partial charge in [0.05, 0.1) is 18.2 Å². The van der Waals surface area contributed by atoms with Gasteiger partial charge in [0.1, 0.15) is 5.75 Å². The lowest BCUT2D eigenvalue weighted by Gasteiger charge is -2.34. The van der Waals surface area contributed by atoms with E-state index in [0.29, 0.717) is 43.9 Å². The topological polar surface area (TPSA) is 56.5 Å². The first kappa shape index (κ1) is 18.6. The zero-order valence-electron chi connectivity index (χ0n) is 13.3. The number of hydrogen-bond acceptors (Lipinski definition) is 4. The predicted octanol–water partition coefficient (Wildman–Crippen LogP) is 2.96. The quantitative estimate of drug-likeness (QED) is 0.808. The molecule has 1 aromatic carbocycles. The van der Waals surface area contributed by atoms with Crippen LogP contribution in [0, 0.1) is 17.2 Å². The molecule has 1 aliphatic heterocycles. The maximum Gasteiger partial charge on any atom is 0.414 e. The Morgan fingerprint density at radius 3 is 2.42 bits per heavy atom. The van der Waals surface area contributed by atoms with Crippen LogP contribution in [-0.2, 0) is 0 Å². The van der Waals surface area contributed by atoms with Gasteiger partial charge >= 0.3 is 6.18 Å². The van der Waals surface area contributed by atoms with Gasteiger partial charge in [-0.2, -0.15) is 18.4 Å². The van der Waals surface area contributed by atoms with E-state index >= 15 is 0 Å². The van der Waals surface area contributed by atoms with Gasteiger partial charge in [0.25, 0.3) is 0 Å². The number of nitrogens with zero attached hydrogens (tertiary/aromatic N) is 2. The third-order valence-corrected chi connectivity index (χ3v) is 4.28. The number of likely N-dealkylation sites (tertiary alicyclic amines) is 1. The van der Waals surface area contributed by atoms with Crippen LogP contribution in [0.15, 0.2) is 24.3 Å². The molecule has 1 heterocycles. The van der Waals surface area contributed by atoms with E-state index in [1.54, 1.807) is 24.3 Å². The molecule has 1 aliphatic rings. The second kappa shape index (κ2) is 8.36. The lowest BCUT2D eigenvalue weighted by molar-refractivity contribution is -0.223. The van der Waals surface area contributed by atoms with Gasteiger partial charge in [0, 0.05) is 6.54 Å². The van der Waals surface area contributed by atoms with Crippen molar-refractivity contribution in [3.63, 3.8) is 0 Å². The highest BCUT2D eigenvalue weighted by Gasteiger charge is 2.44. The molecule has 1 saturated heterocycles. The Hall–Kier alpha value is -1.78. The van der Waals surface area contributed by atoms with Crippen molar-refractivity contribution in [2.24, 2.45) is 5.92 Å². The van der Waals surface area contributed by atoms with Crippen LogP contribution >= 0.6 is 0 Å². The summed E-state index contributed by atoms with van der Waals surface area (Å²) in [5.41, 5.74) is 0.575. The fraction of sp³-hybridized carbons (Fsp3) is 0.588. The molecule has 4 nitrogen and oxygen atoms in total. The molecule has 132 valence electrons. The predicted molar refractivity (Wildman–Crippen MR) is 82.5 cm³/mol. The highest BCUT2D eigenvalue weighted by molar-refractivity contribution is 5.34. The van der Waals surface area contributed by atoms with Crippen molar-refractivity contribution >= 4 is 0 Å². The van der Waals surface area contributed by atoms with Gasteiger partial charge in [-0.1, -0.05) is 0 Å². The van der Waals surface area contributed by atoms with Gasteiger partial charge in [-0.3, -0.25) is 0 Å². The molecule has 0 amide bonds. The van der Waals surface area contributed by atoms with E-state index in [1.165, 1.54) is 0 Å². The number of aliphatic hydroxyl groups is 1. The number of rotatable bonds is 6. The Balaban J connectivity index is 1.63. The van der Waals surface area contributed by atoms with Crippen molar-refractivity contribution in [3.8, 4) is 11.8 Å². The van der Waals surface area contributed by atoms with Crippen LogP contribution in [0.3, 0.4) is 0 Å². The first-order chi connectivity index (χ1) is 11.4. The van der Waals surface area contributed by atoms with Crippen molar-refractivity contribution in [2.75, 3.05) is 26.2 Å². The van der Waals surface area contributed by atoms with Crippen LogP contribution < -0.4 is 4.74 Å². The van der Waals surface area contributed by atoms with E-state index in [9.17, 15) is 18.3 Å². The molecule has 0 spiro atoms. The third kappa shape index (κ3) is 5.39. The summed E-state index contributed by atoms with van der Waals surface area (Å²) in [5, 5.41) is 18.0. The SMILES string of the molecule is N#Cc1ccc(OCCCN2CCC(C(O)C(F)(F)F)CC2)cc1. The Morgan fingerprint density at radius 1 is 1.25 bits per heavy atom. The first-order valence-corrected chi connectivity index (χ1v) is 8.00. The van der Waals surface area contributed by atoms with E-state index in [1.807, 2.05) is 6.07 Å². The van der Waals surface area contributed by atoms with E-state index in [-0.39, 0.29) is 0 Å². The van der Waals surface area contributed by atoms with Gasteiger partial charge in [-0.05, 0) is 62.5 Å². The number of ether oxygens (including phenoxy) is 1. The number of piperidine rings is 1. The highest BCUT2D eigenvalue weighted by Crippen LogP contribution is 2.31. The molecule has 1 aromatic rings. The van der Waals surface area contributed by atoms with Gasteiger partial charge in [0.2, 0.25) is 0 Å². The average molecular weight is 342 g/mol. The van der Waals surface area contributed by atoms with Gasteiger partial charge in [0.15, 0.2) is 6.10 Å². The number of nitriles is 1. The molecule has 1 N–H and O–H groups in total. The van der Waals surface area contributed by atoms with Crippen LogP contribution in [0.25, 0.3) is 0 Å². The van der Waals surface area contributed by atoms with Gasteiger partial charge in [-0.15, -0.1) is 0 Å². The summed E-state index contributed by atoms with van der Waals surface area (Å²) in [6.45, 7) is 2.39. The number of benzene rings is 1. The summed E-state index contributed by atoms with van der Waals surface area (Å²) in [6.07, 6.45) is -5.25. The summed E-state index contributed by atoms with van der Waals surface area (Å²) in [7, 11) is 0. The molecule has 2 rings (SSSR count). The van der Waals surface area contributed by atoms with Gasteiger partial charge < -0.3 is 14.7 Å². The number of aliphatic hydroxyl groups excluding tert-OH is 1. The standard InChI is InChI=1S/C17H21F3N2O2/c18-17(19,20)16(23)14-6-9-22(10-7-14)8-1-11-24-15-4-2-13(12-21)3-5-15/h2-5,14,16,23H,1,6-11H2. The van der Waals surface area contributed by atoms with Crippen LogP contribution in [0.2, 0.25) is 0 Å². The number of alkyl halides is 3. The molecule has 7 heteroatoms. The first-order valence-electron chi connectivity index (χ1n) is 8.00. The van der Waals surface area contributed by atoms with Crippen molar-refractivity contribution in [2.45, 2.75) is 31.5 Å². The molecule has 0 radical (unpaired) electrons. The van der Waals surface area contributed by atoms with Crippen molar-refractivity contribution in [1.29, 1.82) is 5.26 Å². The molecular weight excluding hydrogens is 321 g/mol. The molecular formula is C17H21F3N2O2. The average Bonchev–Trinajstić information content (AvgIpc) is 2.58. The summed E-state index contributed by atoms with van der Waals surface area (Å²) in [6, 6.07) is 8.89. The molecule has 1 fully saturated rings. The molecule has 0 saturated carbocycles. The van der Waals surface area contributed by atoms with E-state index in [0.717, 1.165) is 13.0 Å². The van der Waals surface area contributed by atoms with E-state index < -0.39 is 18.2 Å². The minimum Gasteiger partial charge on any atom is -0.494 e. The molecule has 1 unspecified atom stereocenters. The Labute approximate surface area is 139 Å². The molecule has 24 heavy (non-hydrogen) atoms. The van der Waals surface area contributed by atoms with Crippen molar-refractivity contribution in [3.05, 3.63) is 29.8 Å². The summed E-state index contributed by atoms with van der Waals surface area (Å²) in [5.74, 6) is -0.00263. The Bertz CT molecular complexity index is 546. The Morgan fingerprint density at radius 2 is 1.88 bits per heavy atom. The van der Waals surface area contributed by atoms with Crippen LogP contribution in [0.4, 0.5) is 13.2 Å². The van der Waals surface area contributed by atoms with Crippen LogP contribution in [-0.4, -0.2) is 48.5 Å².